The van der Waals surface area contributed by atoms with Crippen molar-refractivity contribution >= 4 is 23.9 Å². The van der Waals surface area contributed by atoms with Crippen LogP contribution in [0.15, 0.2) is 12.4 Å². The molecule has 2 saturated heterocycles. The molecular formula is C36H56N2O18. The molecule has 2 aliphatic heterocycles. The van der Waals surface area contributed by atoms with Crippen LogP contribution in [0, 0.1) is 11.8 Å². The Kier molecular flexibility index (Phi) is 26.5. The second-order valence-electron chi connectivity index (χ2n) is 11.8. The Hall–Kier alpha value is -3.44. The van der Waals surface area contributed by atoms with Gasteiger partial charge in [0, 0.05) is 25.2 Å². The smallest absolute Gasteiger partial charge is 0.320 e. The number of hydrogen-bond donors (Lipinski definition) is 0. The van der Waals surface area contributed by atoms with Crippen molar-refractivity contribution in [1.29, 1.82) is 0 Å². The Morgan fingerprint density at radius 1 is 0.321 bits per heavy atom. The molecule has 20 nitrogen and oxygen atoms in total. The van der Waals surface area contributed by atoms with Gasteiger partial charge in [-0.3, -0.25) is 29.1 Å². The molecule has 1 aromatic heterocycles. The van der Waals surface area contributed by atoms with E-state index in [1.165, 1.54) is 12.4 Å². The highest BCUT2D eigenvalue weighted by molar-refractivity contribution is 5.95. The van der Waals surface area contributed by atoms with Crippen LogP contribution in [-0.4, -0.2) is 192 Å². The molecule has 1 aromatic rings. The number of carbonyl (C=O) groups is 4. The second kappa shape index (κ2) is 31.6. The van der Waals surface area contributed by atoms with Crippen molar-refractivity contribution in [1.82, 2.24) is 9.97 Å². The van der Waals surface area contributed by atoms with Gasteiger partial charge < -0.3 is 66.3 Å². The Morgan fingerprint density at radius 2 is 0.500 bits per heavy atom. The lowest BCUT2D eigenvalue weighted by atomic mass is 10.0. The molecule has 0 spiro atoms. The van der Waals surface area contributed by atoms with Crippen LogP contribution in [0.25, 0.3) is 0 Å². The molecule has 56 heavy (non-hydrogen) atoms. The van der Waals surface area contributed by atoms with Gasteiger partial charge in [0.25, 0.3) is 0 Å². The van der Waals surface area contributed by atoms with Gasteiger partial charge in [0.05, 0.1) is 144 Å². The topological polar surface area (TPSA) is 223 Å². The first-order chi connectivity index (χ1) is 27.5. The zero-order valence-electron chi connectivity index (χ0n) is 31.9. The van der Waals surface area contributed by atoms with E-state index in [0.29, 0.717) is 79.3 Å². The van der Waals surface area contributed by atoms with Gasteiger partial charge in [0.2, 0.25) is 0 Å². The van der Waals surface area contributed by atoms with Gasteiger partial charge in [0.1, 0.15) is 26.4 Å². The molecule has 318 valence electrons. The van der Waals surface area contributed by atoms with E-state index in [4.69, 9.17) is 66.3 Å². The van der Waals surface area contributed by atoms with E-state index in [9.17, 15) is 19.2 Å². The Balaban J connectivity index is 1.58. The molecule has 0 aliphatic carbocycles. The van der Waals surface area contributed by atoms with E-state index in [1.807, 2.05) is 0 Å². The molecule has 3 heterocycles. The van der Waals surface area contributed by atoms with E-state index in [-0.39, 0.29) is 104 Å². The number of cyclic esters (lactones) is 4. The minimum atomic E-state index is -1.37. The summed E-state index contributed by atoms with van der Waals surface area (Å²) in [6, 6.07) is 0. The molecule has 2 fully saturated rings. The van der Waals surface area contributed by atoms with Crippen molar-refractivity contribution in [2.24, 2.45) is 11.8 Å². The SMILES string of the molecule is O=C1OCCOCCOCCOCCOCCOCCOC(=O)C1Cc1cnc(CC2C(=O)OCCOCCOCCOCCOCCOCCOC2=O)cn1. The lowest BCUT2D eigenvalue weighted by molar-refractivity contribution is -0.165. The van der Waals surface area contributed by atoms with E-state index in [2.05, 4.69) is 9.97 Å². The normalized spacial score (nSPS) is 22.0. The number of hydrogen-bond acceptors (Lipinski definition) is 20. The maximum atomic E-state index is 13.1. The Morgan fingerprint density at radius 3 is 0.679 bits per heavy atom. The second-order valence-corrected chi connectivity index (χ2v) is 11.8. The summed E-state index contributed by atoms with van der Waals surface area (Å²) in [6.45, 7) is 5.53. The standard InChI is InChI=1S/C36H56N2O18/c39-33-31(34(40)54-22-18-50-14-10-46-6-2-43-1-5-45-9-13-49-17-21-53-33)25-29-27-38-30(28-37-29)26-32-35(41)55-23-19-51-15-11-47-7-3-44-4-8-48-12-16-52-20-24-56-36(32)42/h27-28,31-32H,1-26H2. The summed E-state index contributed by atoms with van der Waals surface area (Å²) in [6.07, 6.45) is 2.26. The molecule has 20 heteroatoms. The number of carbonyl (C=O) groups excluding carboxylic acids is 4. The molecule has 2 aliphatic rings. The first-order valence-corrected chi connectivity index (χ1v) is 18.8. The number of nitrogens with zero attached hydrogens (tertiary/aromatic N) is 2. The summed E-state index contributed by atoms with van der Waals surface area (Å²) in [7, 11) is 0. The summed E-state index contributed by atoms with van der Waals surface area (Å²) in [4.78, 5) is 60.9. The van der Waals surface area contributed by atoms with E-state index >= 15 is 0 Å². The fourth-order valence-corrected chi connectivity index (χ4v) is 4.71. The molecule has 0 aromatic carbocycles. The van der Waals surface area contributed by atoms with Crippen molar-refractivity contribution in [2.45, 2.75) is 12.8 Å². The quantitative estimate of drug-likeness (QED) is 0.206. The van der Waals surface area contributed by atoms with Crippen LogP contribution >= 0.6 is 0 Å². The monoisotopic (exact) mass is 804 g/mol. The van der Waals surface area contributed by atoms with Gasteiger partial charge in [0.15, 0.2) is 11.8 Å². The van der Waals surface area contributed by atoms with Crippen LogP contribution < -0.4 is 0 Å². The fraction of sp³-hybridized carbons (Fsp3) is 0.778. The van der Waals surface area contributed by atoms with Crippen LogP contribution in [0.4, 0.5) is 0 Å². The number of ether oxygens (including phenoxy) is 14. The zero-order chi connectivity index (χ0) is 39.7. The minimum Gasteiger partial charge on any atom is -0.463 e. The highest BCUT2D eigenvalue weighted by Crippen LogP contribution is 2.15. The van der Waals surface area contributed by atoms with Crippen molar-refractivity contribution in [3.05, 3.63) is 23.8 Å². The highest BCUT2D eigenvalue weighted by atomic mass is 16.6. The molecular weight excluding hydrogens is 748 g/mol. The lowest BCUT2D eigenvalue weighted by Crippen LogP contribution is -2.32. The van der Waals surface area contributed by atoms with E-state index < -0.39 is 35.7 Å². The molecule has 0 radical (unpaired) electrons. The first kappa shape index (κ1) is 46.9. The lowest BCUT2D eigenvalue weighted by Gasteiger charge is -2.17. The van der Waals surface area contributed by atoms with Gasteiger partial charge in [-0.25, -0.2) is 0 Å². The summed E-state index contributed by atoms with van der Waals surface area (Å²) in [5.74, 6) is -6.09. The van der Waals surface area contributed by atoms with Gasteiger partial charge in [-0.15, -0.1) is 0 Å². The molecule has 0 amide bonds. The average molecular weight is 805 g/mol. The Labute approximate surface area is 326 Å². The predicted octanol–water partition coefficient (Wildman–Crippen LogP) is -0.840. The number of esters is 4. The first-order valence-electron chi connectivity index (χ1n) is 18.8. The maximum absolute atomic E-state index is 13.1. The minimum absolute atomic E-state index is 0.0826. The number of rotatable bonds is 4. The third kappa shape index (κ3) is 22.3. The molecule has 0 bridgehead atoms. The summed E-state index contributed by atoms with van der Waals surface area (Å²) in [5.41, 5.74) is 0.504. The van der Waals surface area contributed by atoms with Crippen LogP contribution in [0.5, 0.6) is 0 Å². The third-order valence-corrected chi connectivity index (χ3v) is 7.59. The maximum Gasteiger partial charge on any atom is 0.320 e. The summed E-state index contributed by atoms with van der Waals surface area (Å²) < 4.78 is 75.6. The third-order valence-electron chi connectivity index (χ3n) is 7.59. The molecule has 0 saturated carbocycles. The van der Waals surface area contributed by atoms with Gasteiger partial charge in [-0.1, -0.05) is 0 Å². The van der Waals surface area contributed by atoms with Crippen LogP contribution in [-0.2, 0) is 98.3 Å². The van der Waals surface area contributed by atoms with Crippen LogP contribution in [0.2, 0.25) is 0 Å². The van der Waals surface area contributed by atoms with E-state index in [1.54, 1.807) is 0 Å². The summed E-state index contributed by atoms with van der Waals surface area (Å²) in [5, 5.41) is 0. The summed E-state index contributed by atoms with van der Waals surface area (Å²) >= 11 is 0. The van der Waals surface area contributed by atoms with Crippen LogP contribution in [0.3, 0.4) is 0 Å². The molecule has 0 atom stereocenters. The van der Waals surface area contributed by atoms with Crippen molar-refractivity contribution < 1.29 is 85.5 Å². The average Bonchev–Trinajstić information content (AvgIpc) is 3.20. The Bertz CT molecular complexity index is 1050. The fourth-order valence-electron chi connectivity index (χ4n) is 4.71. The van der Waals surface area contributed by atoms with Gasteiger partial charge in [-0.2, -0.15) is 0 Å². The van der Waals surface area contributed by atoms with E-state index in [0.717, 1.165) is 0 Å². The van der Waals surface area contributed by atoms with Crippen LogP contribution in [0.1, 0.15) is 11.4 Å². The highest BCUT2D eigenvalue weighted by Gasteiger charge is 2.33. The zero-order valence-corrected chi connectivity index (χ0v) is 31.9. The predicted molar refractivity (Wildman–Crippen MR) is 188 cm³/mol. The van der Waals surface area contributed by atoms with Crippen molar-refractivity contribution in [3.8, 4) is 0 Å². The van der Waals surface area contributed by atoms with Gasteiger partial charge in [-0.05, 0) is 0 Å². The molecule has 0 N–H and O–H groups in total. The number of aromatic nitrogens is 2. The van der Waals surface area contributed by atoms with Crippen molar-refractivity contribution in [2.75, 3.05) is 159 Å². The van der Waals surface area contributed by atoms with Gasteiger partial charge >= 0.3 is 23.9 Å². The van der Waals surface area contributed by atoms with Crippen molar-refractivity contribution in [3.63, 3.8) is 0 Å². The molecule has 0 unspecified atom stereocenters. The largest absolute Gasteiger partial charge is 0.463 e. The molecule has 3 rings (SSSR count).